The van der Waals surface area contributed by atoms with Crippen LogP contribution in [0.25, 0.3) is 0 Å². The van der Waals surface area contributed by atoms with Crippen LogP contribution in [0.4, 0.5) is 5.69 Å². The van der Waals surface area contributed by atoms with Crippen molar-refractivity contribution in [2.24, 2.45) is 0 Å². The maximum Gasteiger partial charge on any atom is 0.121 e. The first-order valence-corrected chi connectivity index (χ1v) is 3.13. The number of nitrogen functional groups attached to an aromatic ring is 1. The van der Waals surface area contributed by atoms with Gasteiger partial charge in [0.25, 0.3) is 0 Å². The predicted octanol–water partition coefficient (Wildman–Crippen LogP) is 1.59. The largest absolute Gasteiger partial charge is 0.497 e. The minimum atomic E-state index is 0.747. The van der Waals surface area contributed by atoms with Crippen molar-refractivity contribution in [2.45, 2.75) is 6.92 Å². The molecule has 0 aliphatic heterocycles. The molecule has 0 heterocycles. The fourth-order valence-electron chi connectivity index (χ4n) is 0.894. The molecule has 10 heavy (non-hydrogen) atoms. The lowest BCUT2D eigenvalue weighted by molar-refractivity contribution is 0.414. The van der Waals surface area contributed by atoms with Gasteiger partial charge in [0.1, 0.15) is 5.75 Å². The minimum absolute atomic E-state index is 0.747. The van der Waals surface area contributed by atoms with Crippen molar-refractivity contribution in [3.8, 4) is 5.75 Å². The van der Waals surface area contributed by atoms with Crippen molar-refractivity contribution in [2.75, 3.05) is 12.8 Å². The van der Waals surface area contributed by atoms with Gasteiger partial charge in [-0.3, -0.25) is 0 Å². The number of rotatable bonds is 1. The van der Waals surface area contributed by atoms with Crippen molar-refractivity contribution in [1.82, 2.24) is 0 Å². The summed E-state index contributed by atoms with van der Waals surface area (Å²) in [5, 5.41) is 0. The number of methoxy groups -OCH3 is 1. The second-order valence-corrected chi connectivity index (χ2v) is 2.28. The van der Waals surface area contributed by atoms with Crippen molar-refractivity contribution in [3.63, 3.8) is 0 Å². The van der Waals surface area contributed by atoms with Crippen LogP contribution in [0.15, 0.2) is 18.2 Å². The number of ether oxygens (including phenoxy) is 1. The van der Waals surface area contributed by atoms with Gasteiger partial charge in [0, 0.05) is 11.8 Å². The molecule has 0 aromatic heterocycles. The van der Waals surface area contributed by atoms with E-state index < -0.39 is 0 Å². The number of hydrogen-bond donors (Lipinski definition) is 1. The zero-order valence-corrected chi connectivity index (χ0v) is 6.22. The molecule has 1 rings (SSSR count). The Bertz CT molecular complexity index is 212. The number of nitrogens with two attached hydrogens (primary N) is 1. The number of anilines is 1. The maximum absolute atomic E-state index is 5.56. The Morgan fingerprint density at radius 1 is 1.30 bits per heavy atom. The standard InChI is InChI=1S/C8H11NO/c1-6-3-7(9)5-8(4-6)10-2/h3-5H,9H2,1-2H3. The summed E-state index contributed by atoms with van der Waals surface area (Å²) in [6.45, 7) is 1.98. The van der Waals surface area contributed by atoms with E-state index in [-0.39, 0.29) is 0 Å². The van der Waals surface area contributed by atoms with Crippen LogP contribution >= 0.6 is 0 Å². The number of aryl methyl sites for hydroxylation is 1. The molecule has 0 amide bonds. The third-order valence-electron chi connectivity index (χ3n) is 1.31. The molecule has 0 aliphatic rings. The molecule has 0 saturated carbocycles. The fraction of sp³-hybridized carbons (Fsp3) is 0.250. The lowest BCUT2D eigenvalue weighted by Gasteiger charge is -2.01. The summed E-state index contributed by atoms with van der Waals surface area (Å²) in [5.41, 5.74) is 7.42. The quantitative estimate of drug-likeness (QED) is 0.596. The summed E-state index contributed by atoms with van der Waals surface area (Å²) >= 11 is 0. The summed E-state index contributed by atoms with van der Waals surface area (Å²) in [6.07, 6.45) is 0. The molecule has 2 nitrogen and oxygen atoms in total. The fourth-order valence-corrected chi connectivity index (χ4v) is 0.894. The maximum atomic E-state index is 5.56. The van der Waals surface area contributed by atoms with E-state index in [0.29, 0.717) is 0 Å². The SMILES string of the molecule is COc1cc(C)cc(N)c1. The first-order valence-electron chi connectivity index (χ1n) is 3.13. The summed E-state index contributed by atoms with van der Waals surface area (Å²) in [7, 11) is 1.63. The Balaban J connectivity index is 3.06. The van der Waals surface area contributed by atoms with Gasteiger partial charge in [-0.25, -0.2) is 0 Å². The van der Waals surface area contributed by atoms with Crippen molar-refractivity contribution in [3.05, 3.63) is 23.8 Å². The van der Waals surface area contributed by atoms with Crippen LogP contribution in [-0.2, 0) is 0 Å². The molecule has 2 N–H and O–H groups in total. The van der Waals surface area contributed by atoms with E-state index in [1.54, 1.807) is 13.2 Å². The molecule has 0 spiro atoms. The van der Waals surface area contributed by atoms with E-state index in [1.165, 1.54) is 0 Å². The van der Waals surface area contributed by atoms with E-state index in [9.17, 15) is 0 Å². The Morgan fingerprint density at radius 2 is 2.00 bits per heavy atom. The highest BCUT2D eigenvalue weighted by atomic mass is 16.5. The van der Waals surface area contributed by atoms with E-state index >= 15 is 0 Å². The third kappa shape index (κ3) is 1.41. The zero-order valence-electron chi connectivity index (χ0n) is 6.22. The Kier molecular flexibility index (Phi) is 1.81. The first-order chi connectivity index (χ1) is 4.72. The molecular weight excluding hydrogens is 126 g/mol. The molecule has 2 heteroatoms. The number of benzene rings is 1. The monoisotopic (exact) mass is 137 g/mol. The predicted molar refractivity (Wildman–Crippen MR) is 42.1 cm³/mol. The normalized spacial score (nSPS) is 9.40. The third-order valence-corrected chi connectivity index (χ3v) is 1.31. The first kappa shape index (κ1) is 6.93. The van der Waals surface area contributed by atoms with Gasteiger partial charge < -0.3 is 10.5 Å². The van der Waals surface area contributed by atoms with Gasteiger partial charge in [0.05, 0.1) is 7.11 Å². The lowest BCUT2D eigenvalue weighted by atomic mass is 10.2. The van der Waals surface area contributed by atoms with Gasteiger partial charge >= 0.3 is 0 Å². The average Bonchev–Trinajstić information content (AvgIpc) is 1.85. The zero-order chi connectivity index (χ0) is 7.56. The van der Waals surface area contributed by atoms with E-state index in [0.717, 1.165) is 17.0 Å². The van der Waals surface area contributed by atoms with Crippen molar-refractivity contribution in [1.29, 1.82) is 0 Å². The molecular formula is C8H11NO. The van der Waals surface area contributed by atoms with Crippen LogP contribution in [0.1, 0.15) is 5.56 Å². The van der Waals surface area contributed by atoms with E-state index in [1.807, 2.05) is 19.1 Å². The van der Waals surface area contributed by atoms with Crippen LogP contribution < -0.4 is 10.5 Å². The molecule has 0 bridgehead atoms. The van der Waals surface area contributed by atoms with Crippen LogP contribution in [0.2, 0.25) is 0 Å². The smallest absolute Gasteiger partial charge is 0.121 e. The van der Waals surface area contributed by atoms with Crippen LogP contribution in [-0.4, -0.2) is 7.11 Å². The summed E-state index contributed by atoms with van der Waals surface area (Å²) in [5.74, 6) is 0.817. The van der Waals surface area contributed by atoms with E-state index in [4.69, 9.17) is 10.5 Å². The van der Waals surface area contributed by atoms with Gasteiger partial charge in [-0.05, 0) is 24.6 Å². The second kappa shape index (κ2) is 2.60. The Labute approximate surface area is 60.6 Å². The molecule has 0 unspecified atom stereocenters. The highest BCUT2D eigenvalue weighted by Crippen LogP contribution is 2.16. The molecule has 0 saturated heterocycles. The molecule has 0 aliphatic carbocycles. The van der Waals surface area contributed by atoms with E-state index in [2.05, 4.69) is 0 Å². The molecule has 0 atom stereocenters. The van der Waals surface area contributed by atoms with Crippen molar-refractivity contribution >= 4 is 5.69 Å². The summed E-state index contributed by atoms with van der Waals surface area (Å²) in [6, 6.07) is 5.64. The summed E-state index contributed by atoms with van der Waals surface area (Å²) in [4.78, 5) is 0. The van der Waals surface area contributed by atoms with Gasteiger partial charge in [-0.1, -0.05) is 0 Å². The Morgan fingerprint density at radius 3 is 2.50 bits per heavy atom. The van der Waals surface area contributed by atoms with Gasteiger partial charge in [0.2, 0.25) is 0 Å². The van der Waals surface area contributed by atoms with Crippen LogP contribution in [0.5, 0.6) is 5.75 Å². The molecule has 0 fully saturated rings. The molecule has 1 aromatic carbocycles. The van der Waals surface area contributed by atoms with Gasteiger partial charge in [0.15, 0.2) is 0 Å². The van der Waals surface area contributed by atoms with Gasteiger partial charge in [-0.2, -0.15) is 0 Å². The van der Waals surface area contributed by atoms with Gasteiger partial charge in [-0.15, -0.1) is 0 Å². The minimum Gasteiger partial charge on any atom is -0.497 e. The summed E-state index contributed by atoms with van der Waals surface area (Å²) < 4.78 is 5.00. The average molecular weight is 137 g/mol. The molecule has 1 aromatic rings. The Hall–Kier alpha value is -1.18. The molecule has 0 radical (unpaired) electrons. The highest BCUT2D eigenvalue weighted by molar-refractivity contribution is 5.47. The topological polar surface area (TPSA) is 35.2 Å². The number of hydrogen-bond acceptors (Lipinski definition) is 2. The van der Waals surface area contributed by atoms with Crippen LogP contribution in [0.3, 0.4) is 0 Å². The lowest BCUT2D eigenvalue weighted by Crippen LogP contribution is -1.88. The van der Waals surface area contributed by atoms with Crippen molar-refractivity contribution < 1.29 is 4.74 Å². The highest BCUT2D eigenvalue weighted by Gasteiger charge is 1.92. The van der Waals surface area contributed by atoms with Crippen LogP contribution in [0, 0.1) is 6.92 Å². The molecule has 54 valence electrons. The second-order valence-electron chi connectivity index (χ2n) is 2.28.